The van der Waals surface area contributed by atoms with Crippen LogP contribution in [0.3, 0.4) is 0 Å². The van der Waals surface area contributed by atoms with Gasteiger partial charge in [0.25, 0.3) is 15.9 Å². The summed E-state index contributed by atoms with van der Waals surface area (Å²) < 4.78 is 76.1. The van der Waals surface area contributed by atoms with Crippen LogP contribution in [0.5, 0.6) is 5.75 Å². The molecule has 1 aliphatic heterocycles. The number of hydrogen-bond acceptors (Lipinski definition) is 6. The molecule has 0 aromatic heterocycles. The van der Waals surface area contributed by atoms with E-state index >= 15 is 0 Å². The highest BCUT2D eigenvalue weighted by Crippen LogP contribution is 2.34. The van der Waals surface area contributed by atoms with Gasteiger partial charge >= 0.3 is 0 Å². The molecule has 0 saturated carbocycles. The summed E-state index contributed by atoms with van der Waals surface area (Å²) in [7, 11) is -8.11. The van der Waals surface area contributed by atoms with Gasteiger partial charge in [0.1, 0.15) is 11.6 Å². The number of hydrogen-bond donors (Lipinski definition) is 1. The van der Waals surface area contributed by atoms with Gasteiger partial charge in [-0.1, -0.05) is 68.4 Å². The van der Waals surface area contributed by atoms with Crippen LogP contribution in [0.4, 0.5) is 4.39 Å². The molecule has 1 fully saturated rings. The monoisotopic (exact) mass is 678 g/mol. The number of benzene rings is 4. The Morgan fingerprint density at radius 3 is 2.26 bits per heavy atom. The van der Waals surface area contributed by atoms with E-state index in [1.54, 1.807) is 36.4 Å². The number of amides is 1. The zero-order valence-corrected chi connectivity index (χ0v) is 28.4. The summed E-state index contributed by atoms with van der Waals surface area (Å²) in [5.74, 6) is -1.08. The molecule has 0 radical (unpaired) electrons. The molecular weight excluding hydrogens is 640 g/mol. The van der Waals surface area contributed by atoms with Gasteiger partial charge in [-0.3, -0.25) is 4.79 Å². The molecule has 47 heavy (non-hydrogen) atoms. The number of halogens is 1. The minimum atomic E-state index is -4.33. The highest BCUT2D eigenvalue weighted by Gasteiger charge is 2.35. The molecule has 4 aromatic carbocycles. The van der Waals surface area contributed by atoms with E-state index in [9.17, 15) is 26.0 Å². The van der Waals surface area contributed by atoms with Crippen LogP contribution in [0.2, 0.25) is 0 Å². The van der Waals surface area contributed by atoms with Crippen molar-refractivity contribution < 1.29 is 30.8 Å². The fourth-order valence-corrected chi connectivity index (χ4v) is 8.29. The van der Waals surface area contributed by atoms with Gasteiger partial charge in [-0.2, -0.15) is 4.31 Å². The number of carbonyl (C=O) groups is 1. The molecule has 248 valence electrons. The Morgan fingerprint density at radius 1 is 0.872 bits per heavy atom. The Hall–Kier alpha value is -4.06. The molecule has 1 atom stereocenters. The van der Waals surface area contributed by atoms with E-state index in [0.717, 1.165) is 35.2 Å². The first-order valence-electron chi connectivity index (χ1n) is 15.5. The minimum Gasteiger partial charge on any atom is -0.478 e. The number of nitrogens with zero attached hydrogens (tertiary/aromatic N) is 1. The zero-order valence-electron chi connectivity index (χ0n) is 26.8. The van der Waals surface area contributed by atoms with Crippen LogP contribution < -0.4 is 9.46 Å². The first-order valence-corrected chi connectivity index (χ1v) is 18.4. The Morgan fingerprint density at radius 2 is 1.55 bits per heavy atom. The van der Waals surface area contributed by atoms with Crippen molar-refractivity contribution in [2.45, 2.75) is 67.8 Å². The maximum atomic E-state index is 13.8. The predicted molar refractivity (Wildman–Crippen MR) is 180 cm³/mol. The molecule has 1 unspecified atom stereocenters. The van der Waals surface area contributed by atoms with Crippen LogP contribution in [0.15, 0.2) is 107 Å². The van der Waals surface area contributed by atoms with Crippen molar-refractivity contribution in [2.75, 3.05) is 13.1 Å². The molecule has 1 amide bonds. The Kier molecular flexibility index (Phi) is 9.91. The zero-order chi connectivity index (χ0) is 34.0. The minimum absolute atomic E-state index is 0.126. The quantitative estimate of drug-likeness (QED) is 0.197. The van der Waals surface area contributed by atoms with Crippen LogP contribution in [0.1, 0.15) is 63.5 Å². The van der Waals surface area contributed by atoms with Gasteiger partial charge in [0, 0.05) is 13.1 Å². The number of rotatable bonds is 10. The van der Waals surface area contributed by atoms with Gasteiger partial charge in [-0.15, -0.1) is 0 Å². The Labute approximate surface area is 276 Å². The Bertz CT molecular complexity index is 1980. The third-order valence-corrected chi connectivity index (χ3v) is 11.5. The molecule has 1 heterocycles. The van der Waals surface area contributed by atoms with Gasteiger partial charge in [-0.05, 0) is 103 Å². The lowest BCUT2D eigenvalue weighted by molar-refractivity contribution is -0.132. The second-order valence-electron chi connectivity index (χ2n) is 12.6. The third kappa shape index (κ3) is 7.91. The number of sulfonamides is 2. The second-order valence-corrected chi connectivity index (χ2v) is 16.2. The molecule has 0 spiro atoms. The largest absolute Gasteiger partial charge is 0.478 e. The number of piperidine rings is 1. The summed E-state index contributed by atoms with van der Waals surface area (Å²) >= 11 is 0. The van der Waals surface area contributed by atoms with Gasteiger partial charge in [-0.25, -0.2) is 25.9 Å². The van der Waals surface area contributed by atoms with Crippen LogP contribution in [0.25, 0.3) is 11.1 Å². The topological polar surface area (TPSA) is 110 Å². The summed E-state index contributed by atoms with van der Waals surface area (Å²) in [4.78, 5) is 12.8. The van der Waals surface area contributed by atoms with Crippen LogP contribution in [-0.2, 0) is 24.8 Å². The van der Waals surface area contributed by atoms with E-state index in [4.69, 9.17) is 4.74 Å². The predicted octanol–water partition coefficient (Wildman–Crippen LogP) is 6.85. The van der Waals surface area contributed by atoms with Crippen molar-refractivity contribution in [3.8, 4) is 16.9 Å². The van der Waals surface area contributed by atoms with Crippen molar-refractivity contribution in [1.82, 2.24) is 9.03 Å². The van der Waals surface area contributed by atoms with Crippen molar-refractivity contribution in [3.05, 3.63) is 114 Å². The molecule has 1 aliphatic rings. The third-order valence-electron chi connectivity index (χ3n) is 8.35. The first-order chi connectivity index (χ1) is 22.2. The highest BCUT2D eigenvalue weighted by atomic mass is 32.2. The smallest absolute Gasteiger partial charge is 0.277 e. The van der Waals surface area contributed by atoms with Crippen LogP contribution >= 0.6 is 0 Å². The van der Waals surface area contributed by atoms with Crippen molar-refractivity contribution in [2.24, 2.45) is 0 Å². The summed E-state index contributed by atoms with van der Waals surface area (Å²) in [6.07, 6.45) is 1.42. The number of ether oxygens (including phenoxy) is 1. The van der Waals surface area contributed by atoms with Gasteiger partial charge < -0.3 is 4.74 Å². The average Bonchev–Trinajstić information content (AvgIpc) is 3.04. The fraction of sp³-hybridized carbons (Fsp3) is 0.306. The molecule has 1 saturated heterocycles. The lowest BCUT2D eigenvalue weighted by atomic mass is 9.91. The maximum Gasteiger partial charge on any atom is 0.277 e. The number of carbonyl (C=O) groups excluding carboxylic acids is 1. The summed E-state index contributed by atoms with van der Waals surface area (Å²) in [6, 6.07) is 26.6. The molecule has 11 heteroatoms. The number of nitrogens with one attached hydrogen (secondary N) is 1. The fourth-order valence-electron chi connectivity index (χ4n) is 5.59. The van der Waals surface area contributed by atoms with E-state index in [-0.39, 0.29) is 22.3 Å². The summed E-state index contributed by atoms with van der Waals surface area (Å²) in [5, 5.41) is 0. The van der Waals surface area contributed by atoms with Gasteiger partial charge in [0.15, 0.2) is 5.60 Å². The molecule has 0 aliphatic carbocycles. The van der Waals surface area contributed by atoms with E-state index in [0.29, 0.717) is 24.6 Å². The second kappa shape index (κ2) is 13.6. The van der Waals surface area contributed by atoms with Crippen LogP contribution in [-0.4, -0.2) is 45.7 Å². The van der Waals surface area contributed by atoms with Gasteiger partial charge in [0.2, 0.25) is 10.0 Å². The molecule has 4 aromatic rings. The SMILES string of the molecule is CC(C)c1ccc(-c2cccc(S(=O)(=O)N3CCCC(c4cccc(OC(C)(C)C(=O)NS(=O)(=O)c5cccc(F)c5)c4)C3)c2)cc1. The normalized spacial score (nSPS) is 16.2. The van der Waals surface area contributed by atoms with Gasteiger partial charge in [0.05, 0.1) is 9.79 Å². The van der Waals surface area contributed by atoms with E-state index in [1.807, 2.05) is 29.0 Å². The molecular formula is C36H39FN2O6S2. The summed E-state index contributed by atoms with van der Waals surface area (Å²) in [6.45, 7) is 7.79. The lowest BCUT2D eigenvalue weighted by Gasteiger charge is -2.32. The van der Waals surface area contributed by atoms with Crippen molar-refractivity contribution in [1.29, 1.82) is 0 Å². The lowest BCUT2D eigenvalue weighted by Crippen LogP contribution is -2.48. The van der Waals surface area contributed by atoms with Crippen molar-refractivity contribution >= 4 is 26.0 Å². The maximum absolute atomic E-state index is 13.8. The average molecular weight is 679 g/mol. The Balaban J connectivity index is 1.29. The molecule has 5 rings (SSSR count). The standard InChI is InChI=1S/C36H39FN2O6S2/c1-25(2)26-16-18-27(19-17-26)29-10-6-15-34(22-29)47(43,44)39-20-8-11-30(24-39)28-9-5-13-32(21-28)45-36(3,4)35(40)38-46(41,42)33-14-7-12-31(37)23-33/h5-7,9-10,12-19,21-23,25,30H,8,11,20,24H2,1-4H3,(H,38,40). The van der Waals surface area contributed by atoms with Crippen LogP contribution in [0, 0.1) is 5.82 Å². The molecule has 8 nitrogen and oxygen atoms in total. The van der Waals surface area contributed by atoms with Crippen molar-refractivity contribution in [3.63, 3.8) is 0 Å². The first kappa shape index (κ1) is 34.3. The van der Waals surface area contributed by atoms with E-state index in [2.05, 4.69) is 26.0 Å². The summed E-state index contributed by atoms with van der Waals surface area (Å²) in [5.41, 5.74) is 2.22. The molecule has 0 bridgehead atoms. The molecule has 1 N–H and O–H groups in total. The van der Waals surface area contributed by atoms with E-state index < -0.39 is 37.4 Å². The highest BCUT2D eigenvalue weighted by molar-refractivity contribution is 7.90. The van der Waals surface area contributed by atoms with E-state index in [1.165, 1.54) is 35.8 Å².